The molecule has 1 aromatic rings. The molecule has 2 N–H and O–H groups in total. The molecule has 0 atom stereocenters. The second kappa shape index (κ2) is 8.48. The Morgan fingerprint density at radius 2 is 2.05 bits per heavy atom. The van der Waals surface area contributed by atoms with Gasteiger partial charge >= 0.3 is 0 Å². The monoisotopic (exact) mass is 289 g/mol. The average Bonchev–Trinajstić information content (AvgIpc) is 2.52. The first-order chi connectivity index (χ1) is 10.2. The van der Waals surface area contributed by atoms with Crippen LogP contribution in [0.5, 0.6) is 11.5 Å². The van der Waals surface area contributed by atoms with Crippen molar-refractivity contribution in [2.75, 3.05) is 27.8 Å². The second-order valence-electron chi connectivity index (χ2n) is 4.15. The third-order valence-corrected chi connectivity index (χ3v) is 2.80. The van der Waals surface area contributed by atoms with Crippen molar-refractivity contribution in [2.45, 2.75) is 6.42 Å². The molecule has 0 aliphatic rings. The maximum absolute atomic E-state index is 11.7. The van der Waals surface area contributed by atoms with E-state index in [1.165, 1.54) is 6.20 Å². The van der Waals surface area contributed by atoms with E-state index in [0.717, 1.165) is 5.56 Å². The van der Waals surface area contributed by atoms with Crippen LogP contribution < -0.4 is 20.1 Å². The van der Waals surface area contributed by atoms with Gasteiger partial charge in [-0.15, -0.1) is 0 Å². The number of hydrogen-bond donors (Lipinski definition) is 2. The Labute approximate surface area is 124 Å². The minimum Gasteiger partial charge on any atom is -0.493 e. The van der Waals surface area contributed by atoms with Crippen LogP contribution in [0.3, 0.4) is 0 Å². The summed E-state index contributed by atoms with van der Waals surface area (Å²) in [7, 11) is 4.79. The Bertz CT molecular complexity index is 562. The predicted molar refractivity (Wildman–Crippen MR) is 79.0 cm³/mol. The van der Waals surface area contributed by atoms with Gasteiger partial charge in [0.25, 0.3) is 5.91 Å². The van der Waals surface area contributed by atoms with Crippen LogP contribution in [-0.4, -0.2) is 33.7 Å². The van der Waals surface area contributed by atoms with Gasteiger partial charge in [-0.05, 0) is 24.1 Å². The zero-order valence-electron chi connectivity index (χ0n) is 12.4. The van der Waals surface area contributed by atoms with E-state index in [2.05, 4.69) is 10.6 Å². The molecule has 0 bridgehead atoms. The van der Waals surface area contributed by atoms with Crippen LogP contribution in [0, 0.1) is 11.3 Å². The van der Waals surface area contributed by atoms with Crippen LogP contribution >= 0.6 is 0 Å². The van der Waals surface area contributed by atoms with E-state index in [9.17, 15) is 4.79 Å². The summed E-state index contributed by atoms with van der Waals surface area (Å²) in [6.45, 7) is 0.428. The smallest absolute Gasteiger partial charge is 0.263 e. The quantitative estimate of drug-likeness (QED) is 0.578. The van der Waals surface area contributed by atoms with Crippen molar-refractivity contribution < 1.29 is 14.3 Å². The first kappa shape index (κ1) is 16.4. The van der Waals surface area contributed by atoms with Crippen molar-refractivity contribution in [3.05, 3.63) is 35.5 Å². The van der Waals surface area contributed by atoms with E-state index >= 15 is 0 Å². The van der Waals surface area contributed by atoms with Gasteiger partial charge in [0.1, 0.15) is 11.6 Å². The fourth-order valence-corrected chi connectivity index (χ4v) is 1.74. The fourth-order valence-electron chi connectivity index (χ4n) is 1.74. The summed E-state index contributed by atoms with van der Waals surface area (Å²) < 4.78 is 10.4. The van der Waals surface area contributed by atoms with E-state index < -0.39 is 5.91 Å². The maximum Gasteiger partial charge on any atom is 0.263 e. The molecule has 0 aromatic heterocycles. The number of nitriles is 1. The molecule has 0 fully saturated rings. The van der Waals surface area contributed by atoms with Crippen molar-refractivity contribution in [2.24, 2.45) is 0 Å². The molecule has 0 aliphatic carbocycles. The molecule has 1 aromatic carbocycles. The SMILES string of the molecule is CN/C=C(/C#N)C(=O)NCCc1ccc(OC)c(OC)c1. The van der Waals surface area contributed by atoms with E-state index in [1.807, 2.05) is 24.3 Å². The number of nitrogens with one attached hydrogen (secondary N) is 2. The summed E-state index contributed by atoms with van der Waals surface area (Å²) in [5.74, 6) is 0.912. The normalized spacial score (nSPS) is 10.5. The molecule has 1 amide bonds. The third-order valence-electron chi connectivity index (χ3n) is 2.80. The molecule has 0 saturated carbocycles. The lowest BCUT2D eigenvalue weighted by atomic mass is 10.1. The number of benzene rings is 1. The molecule has 0 aliphatic heterocycles. The van der Waals surface area contributed by atoms with Crippen molar-refractivity contribution in [1.82, 2.24) is 10.6 Å². The highest BCUT2D eigenvalue weighted by atomic mass is 16.5. The van der Waals surface area contributed by atoms with Crippen LogP contribution in [0.2, 0.25) is 0 Å². The Kier molecular flexibility index (Phi) is 6.61. The first-order valence-corrected chi connectivity index (χ1v) is 6.42. The van der Waals surface area contributed by atoms with Crippen LogP contribution in [-0.2, 0) is 11.2 Å². The summed E-state index contributed by atoms with van der Waals surface area (Å²) in [5.41, 5.74) is 1.05. The highest BCUT2D eigenvalue weighted by Crippen LogP contribution is 2.27. The topological polar surface area (TPSA) is 83.4 Å². The molecule has 0 saturated heterocycles. The number of methoxy groups -OCH3 is 2. The lowest BCUT2D eigenvalue weighted by molar-refractivity contribution is -0.117. The van der Waals surface area contributed by atoms with Gasteiger partial charge in [0, 0.05) is 19.8 Å². The molecule has 0 radical (unpaired) electrons. The number of ether oxygens (including phenoxy) is 2. The Hall–Kier alpha value is -2.68. The van der Waals surface area contributed by atoms with Crippen molar-refractivity contribution >= 4 is 5.91 Å². The van der Waals surface area contributed by atoms with Gasteiger partial charge in [-0.3, -0.25) is 4.79 Å². The largest absolute Gasteiger partial charge is 0.493 e. The number of hydrogen-bond acceptors (Lipinski definition) is 5. The zero-order valence-corrected chi connectivity index (χ0v) is 12.4. The fraction of sp³-hybridized carbons (Fsp3) is 0.333. The third kappa shape index (κ3) is 4.73. The van der Waals surface area contributed by atoms with Gasteiger partial charge in [-0.2, -0.15) is 5.26 Å². The number of amides is 1. The minimum absolute atomic E-state index is 0.0461. The second-order valence-corrected chi connectivity index (χ2v) is 4.15. The van der Waals surface area contributed by atoms with Gasteiger partial charge in [0.2, 0.25) is 0 Å². The molecule has 0 unspecified atom stereocenters. The highest BCUT2D eigenvalue weighted by Gasteiger charge is 2.08. The lowest BCUT2D eigenvalue weighted by Crippen LogP contribution is -2.27. The zero-order chi connectivity index (χ0) is 15.7. The van der Waals surface area contributed by atoms with E-state index in [1.54, 1.807) is 21.3 Å². The van der Waals surface area contributed by atoms with Crippen molar-refractivity contribution in [3.63, 3.8) is 0 Å². The predicted octanol–water partition coefficient (Wildman–Crippen LogP) is 0.989. The van der Waals surface area contributed by atoms with Crippen LogP contribution in [0.4, 0.5) is 0 Å². The van der Waals surface area contributed by atoms with Gasteiger partial charge in [-0.1, -0.05) is 6.07 Å². The van der Waals surface area contributed by atoms with Crippen molar-refractivity contribution in [1.29, 1.82) is 5.26 Å². The number of carbonyl (C=O) groups excluding carboxylic acids is 1. The molecular weight excluding hydrogens is 270 g/mol. The Morgan fingerprint density at radius 3 is 2.62 bits per heavy atom. The molecule has 1 rings (SSSR count). The summed E-state index contributed by atoms with van der Waals surface area (Å²) in [6.07, 6.45) is 2.00. The molecule has 6 nitrogen and oxygen atoms in total. The van der Waals surface area contributed by atoms with Crippen LogP contribution in [0.25, 0.3) is 0 Å². The summed E-state index contributed by atoms with van der Waals surface area (Å²) >= 11 is 0. The van der Waals surface area contributed by atoms with E-state index in [0.29, 0.717) is 24.5 Å². The highest BCUT2D eigenvalue weighted by molar-refractivity contribution is 5.97. The van der Waals surface area contributed by atoms with Crippen LogP contribution in [0.15, 0.2) is 30.0 Å². The molecular formula is C15H19N3O3. The summed E-state index contributed by atoms with van der Waals surface area (Å²) in [6, 6.07) is 7.42. The summed E-state index contributed by atoms with van der Waals surface area (Å²) in [5, 5.41) is 14.2. The van der Waals surface area contributed by atoms with E-state index in [-0.39, 0.29) is 5.57 Å². The molecule has 112 valence electrons. The number of rotatable bonds is 7. The van der Waals surface area contributed by atoms with Crippen LogP contribution in [0.1, 0.15) is 5.56 Å². The van der Waals surface area contributed by atoms with Gasteiger partial charge in [-0.25, -0.2) is 0 Å². The number of carbonyl (C=O) groups is 1. The Morgan fingerprint density at radius 1 is 1.33 bits per heavy atom. The van der Waals surface area contributed by atoms with Gasteiger partial charge < -0.3 is 20.1 Å². The Balaban J connectivity index is 2.59. The standard InChI is InChI=1S/C15H19N3O3/c1-17-10-12(9-16)15(19)18-7-6-11-4-5-13(20-2)14(8-11)21-3/h4-5,8,10,17H,6-7H2,1-3H3,(H,18,19)/b12-10-. The number of nitrogens with zero attached hydrogens (tertiary/aromatic N) is 1. The van der Waals surface area contributed by atoms with Gasteiger partial charge in [0.15, 0.2) is 11.5 Å². The molecule has 0 heterocycles. The summed E-state index contributed by atoms with van der Waals surface area (Å²) in [4.78, 5) is 11.7. The van der Waals surface area contributed by atoms with Gasteiger partial charge in [0.05, 0.1) is 14.2 Å². The average molecular weight is 289 g/mol. The molecule has 6 heteroatoms. The molecule has 21 heavy (non-hydrogen) atoms. The first-order valence-electron chi connectivity index (χ1n) is 6.42. The molecule has 0 spiro atoms. The lowest BCUT2D eigenvalue weighted by Gasteiger charge is -2.10. The minimum atomic E-state index is -0.396. The maximum atomic E-state index is 11.7. The van der Waals surface area contributed by atoms with E-state index in [4.69, 9.17) is 14.7 Å². The van der Waals surface area contributed by atoms with Crippen molar-refractivity contribution in [3.8, 4) is 17.6 Å².